The number of rotatable bonds is 7. The normalized spacial score (nSPS) is 13.0. The molecule has 0 saturated heterocycles. The Morgan fingerprint density at radius 2 is 1.50 bits per heavy atom. The van der Waals surface area contributed by atoms with Crippen molar-refractivity contribution in [2.45, 2.75) is 67.7 Å². The van der Waals surface area contributed by atoms with Gasteiger partial charge >= 0.3 is 5.97 Å². The van der Waals surface area contributed by atoms with Crippen LogP contribution >= 0.6 is 9.12 Å². The van der Waals surface area contributed by atoms with Crippen LogP contribution in [-0.2, 0) is 14.1 Å². The van der Waals surface area contributed by atoms with Crippen molar-refractivity contribution in [3.8, 4) is 0 Å². The molecule has 2 aromatic rings. The van der Waals surface area contributed by atoms with E-state index in [1.54, 1.807) is 0 Å². The summed E-state index contributed by atoms with van der Waals surface area (Å²) >= 11 is 0. The Balaban J connectivity index is 0.00000249. The molecule has 3 atom stereocenters. The zero-order valence-corrected chi connectivity index (χ0v) is 22.3. The van der Waals surface area contributed by atoms with Crippen LogP contribution < -0.4 is 0 Å². The lowest BCUT2D eigenvalue weighted by molar-refractivity contribution is -0.145. The minimum Gasteiger partial charge on any atom is -0.465 e. The van der Waals surface area contributed by atoms with E-state index in [4.69, 9.17) is 9.30 Å². The maximum atomic E-state index is 13.7. The van der Waals surface area contributed by atoms with Gasteiger partial charge in [0.15, 0.2) is 5.78 Å². The first-order valence-corrected chi connectivity index (χ1v) is 11.6. The molecule has 0 aliphatic carbocycles. The van der Waals surface area contributed by atoms with Crippen molar-refractivity contribution >= 4 is 20.9 Å². The van der Waals surface area contributed by atoms with Gasteiger partial charge in [-0.25, -0.2) is 0 Å². The monoisotopic (exact) mass is 458 g/mol. The summed E-state index contributed by atoms with van der Waals surface area (Å²) in [6.07, 6.45) is 0.944. The maximum absolute atomic E-state index is 13.7. The van der Waals surface area contributed by atoms with Crippen molar-refractivity contribution < 1.29 is 18.9 Å². The third-order valence-corrected chi connectivity index (χ3v) is 5.70. The lowest BCUT2D eigenvalue weighted by atomic mass is 9.84. The molecule has 0 amide bonds. The Labute approximate surface area is 195 Å². The van der Waals surface area contributed by atoms with E-state index in [1.807, 2.05) is 64.1 Å². The van der Waals surface area contributed by atoms with Gasteiger partial charge in [-0.15, -0.1) is 0 Å². The van der Waals surface area contributed by atoms with Crippen LogP contribution in [0, 0.1) is 39.0 Å². The molecule has 4 nitrogen and oxygen atoms in total. The maximum Gasteiger partial charge on any atom is 0.321 e. The number of hydrogen-bond donors (Lipinski definition) is 0. The molecule has 0 bridgehead atoms. The molecular weight excluding hydrogens is 419 g/mol. The van der Waals surface area contributed by atoms with Gasteiger partial charge in [0.2, 0.25) is 0 Å². The summed E-state index contributed by atoms with van der Waals surface area (Å²) in [7, 11) is 0.611. The molecule has 0 aliphatic heterocycles. The van der Waals surface area contributed by atoms with Gasteiger partial charge in [-0.1, -0.05) is 64.1 Å². The molecule has 3 unspecified atom stereocenters. The van der Waals surface area contributed by atoms with Gasteiger partial charge in [-0.05, 0) is 73.3 Å². The number of carbonyl (C=O) groups is 2. The number of aryl methyl sites for hydroxylation is 2. The van der Waals surface area contributed by atoms with E-state index >= 15 is 0 Å². The van der Waals surface area contributed by atoms with Gasteiger partial charge in [-0.3, -0.25) is 9.59 Å². The van der Waals surface area contributed by atoms with Crippen molar-refractivity contribution in [3.63, 3.8) is 0 Å². The lowest BCUT2D eigenvalue weighted by Gasteiger charge is -2.24. The summed E-state index contributed by atoms with van der Waals surface area (Å²) in [5.74, 6) is -1.38. The van der Waals surface area contributed by atoms with Gasteiger partial charge < -0.3 is 9.30 Å². The quantitative estimate of drug-likeness (QED) is 0.207. The number of hydrogen-bond acceptors (Lipinski definition) is 4. The van der Waals surface area contributed by atoms with Crippen LogP contribution in [0.1, 0.15) is 78.2 Å². The summed E-state index contributed by atoms with van der Waals surface area (Å²) < 4.78 is 14.0. The fourth-order valence-electron chi connectivity index (χ4n) is 4.26. The number of ether oxygens (including phenoxy) is 1. The zero-order valence-electron chi connectivity index (χ0n) is 20.9. The highest BCUT2D eigenvalue weighted by atomic mass is 31.0. The molecule has 32 heavy (non-hydrogen) atoms. The van der Waals surface area contributed by atoms with Gasteiger partial charge in [0.1, 0.15) is 5.92 Å². The Bertz CT molecular complexity index is 929. The highest BCUT2D eigenvalue weighted by molar-refractivity contribution is 7.00. The molecule has 0 N–H and O–H groups in total. The second kappa shape index (κ2) is 12.2. The van der Waals surface area contributed by atoms with Crippen molar-refractivity contribution in [1.82, 2.24) is 0 Å². The summed E-state index contributed by atoms with van der Waals surface area (Å²) in [4.78, 5) is 26.8. The van der Waals surface area contributed by atoms with Crippen LogP contribution in [0.4, 0.5) is 0 Å². The Kier molecular flexibility index (Phi) is 10.6. The van der Waals surface area contributed by atoms with Crippen LogP contribution in [0.3, 0.4) is 0 Å². The van der Waals surface area contributed by atoms with Crippen LogP contribution in [-0.4, -0.2) is 18.4 Å². The molecule has 0 radical (unpaired) electrons. The third-order valence-electron chi connectivity index (χ3n) is 5.70. The highest BCUT2D eigenvalue weighted by Crippen LogP contribution is 2.30. The smallest absolute Gasteiger partial charge is 0.321 e. The van der Waals surface area contributed by atoms with Gasteiger partial charge in [0, 0.05) is 5.56 Å². The molecule has 0 aromatic heterocycles. The summed E-state index contributed by atoms with van der Waals surface area (Å²) in [5.41, 5.74) is 5.54. The topological polar surface area (TPSA) is 60.4 Å². The van der Waals surface area contributed by atoms with Crippen LogP contribution in [0.2, 0.25) is 0 Å². The van der Waals surface area contributed by atoms with Crippen LogP contribution in [0.25, 0.3) is 0 Å². The lowest BCUT2D eigenvalue weighted by Crippen LogP contribution is -2.28. The standard InChI is InChI=1S/C27H36O3.H3OP/c1-17(15-27(6,7)8)16-30-26(29)24(22-12-10-9-11-13-22)25(28)23-19(3)14-18(2)20(4)21(23)5;1-2/h9-14,17,24H,15-16H2,1-8H3;2H3. The highest BCUT2D eigenvalue weighted by Gasteiger charge is 2.33. The minimum atomic E-state index is -0.951. The average Bonchev–Trinajstić information content (AvgIpc) is 2.72. The van der Waals surface area contributed by atoms with Crippen LogP contribution in [0.15, 0.2) is 36.4 Å². The fraction of sp³-hybridized carbons (Fsp3) is 0.481. The molecule has 0 saturated carbocycles. The Hall–Kier alpha value is -2.19. The molecular formula is C27H39O4P. The Morgan fingerprint density at radius 3 is 2.03 bits per heavy atom. The number of benzene rings is 2. The van der Waals surface area contributed by atoms with Crippen LogP contribution in [0.5, 0.6) is 0 Å². The minimum absolute atomic E-state index is 0.161. The predicted octanol–water partition coefficient (Wildman–Crippen LogP) is 6.44. The predicted molar refractivity (Wildman–Crippen MR) is 135 cm³/mol. The number of esters is 1. The molecule has 2 rings (SSSR count). The molecule has 0 fully saturated rings. The van der Waals surface area contributed by atoms with Gasteiger partial charge in [0.05, 0.1) is 15.7 Å². The molecule has 2 aromatic carbocycles. The van der Waals surface area contributed by atoms with E-state index in [9.17, 15) is 9.59 Å². The van der Waals surface area contributed by atoms with Gasteiger partial charge in [-0.2, -0.15) is 0 Å². The number of ketones is 1. The number of carbonyl (C=O) groups excluding carboxylic acids is 2. The SMILES string of the molecule is Cc1cc(C)c(C(=O)C(C(=O)OCC(C)CC(C)(C)C)c2ccccc2)c(C)c1C.O=[PH3]. The van der Waals surface area contributed by atoms with Gasteiger partial charge in [0.25, 0.3) is 0 Å². The molecule has 0 aliphatic rings. The van der Waals surface area contributed by atoms with E-state index in [-0.39, 0.29) is 17.1 Å². The van der Waals surface area contributed by atoms with E-state index < -0.39 is 11.9 Å². The summed E-state index contributed by atoms with van der Waals surface area (Å²) in [6, 6.07) is 11.3. The Morgan fingerprint density at radius 1 is 0.938 bits per heavy atom. The van der Waals surface area contributed by atoms with E-state index in [2.05, 4.69) is 27.7 Å². The largest absolute Gasteiger partial charge is 0.465 e. The average molecular weight is 459 g/mol. The van der Waals surface area contributed by atoms with Crippen molar-refractivity contribution in [2.24, 2.45) is 11.3 Å². The van der Waals surface area contributed by atoms with E-state index in [1.165, 1.54) is 0 Å². The van der Waals surface area contributed by atoms with E-state index in [0.717, 1.165) is 28.7 Å². The first kappa shape index (κ1) is 27.8. The molecule has 5 heteroatoms. The van der Waals surface area contributed by atoms with Crippen molar-refractivity contribution in [1.29, 1.82) is 0 Å². The van der Waals surface area contributed by atoms with Crippen molar-refractivity contribution in [3.05, 3.63) is 69.8 Å². The summed E-state index contributed by atoms with van der Waals surface area (Å²) in [6.45, 7) is 16.9. The van der Waals surface area contributed by atoms with Crippen molar-refractivity contribution in [2.75, 3.05) is 6.61 Å². The zero-order chi connectivity index (χ0) is 24.6. The summed E-state index contributed by atoms with van der Waals surface area (Å²) in [5, 5.41) is 0. The second-order valence-electron chi connectivity index (χ2n) is 9.84. The third kappa shape index (κ3) is 7.45. The number of Topliss-reactive ketones (excluding diaryl/α,β-unsaturated/α-hetero) is 1. The first-order chi connectivity index (χ1) is 14.9. The first-order valence-electron chi connectivity index (χ1n) is 11.0. The second-order valence-corrected chi connectivity index (χ2v) is 9.84. The fourth-order valence-corrected chi connectivity index (χ4v) is 4.26. The molecule has 0 spiro atoms. The van der Waals surface area contributed by atoms with E-state index in [0.29, 0.717) is 26.9 Å². The molecule has 176 valence electrons. The molecule has 0 heterocycles.